The minimum atomic E-state index is -0.161. The zero-order valence-electron chi connectivity index (χ0n) is 18.2. The molecule has 28 heavy (non-hydrogen) atoms. The van der Waals surface area contributed by atoms with E-state index >= 15 is 0 Å². The van der Waals surface area contributed by atoms with Gasteiger partial charge in [-0.2, -0.15) is 0 Å². The van der Waals surface area contributed by atoms with Crippen molar-refractivity contribution in [2.75, 3.05) is 39.6 Å². The first-order valence-corrected chi connectivity index (χ1v) is 11.2. The number of carbonyl (C=O) groups excluding carboxylic acids is 2. The third-order valence-corrected chi connectivity index (χ3v) is 4.32. The highest BCUT2D eigenvalue weighted by molar-refractivity contribution is 5.69. The number of hydrogen-bond acceptors (Lipinski definition) is 6. The summed E-state index contributed by atoms with van der Waals surface area (Å²) in [6.07, 6.45) is 12.3. The van der Waals surface area contributed by atoms with E-state index in [2.05, 4.69) is 13.8 Å². The monoisotopic (exact) mass is 402 g/mol. The van der Waals surface area contributed by atoms with Crippen molar-refractivity contribution in [1.29, 1.82) is 0 Å². The molecule has 0 aromatic carbocycles. The van der Waals surface area contributed by atoms with Crippen molar-refractivity contribution < 1.29 is 28.5 Å². The van der Waals surface area contributed by atoms with E-state index in [-0.39, 0.29) is 25.2 Å². The molecule has 0 aromatic heterocycles. The summed E-state index contributed by atoms with van der Waals surface area (Å²) < 4.78 is 20.9. The summed E-state index contributed by atoms with van der Waals surface area (Å²) >= 11 is 0. The van der Waals surface area contributed by atoms with Crippen LogP contribution in [0.1, 0.15) is 90.9 Å². The van der Waals surface area contributed by atoms with Crippen LogP contribution >= 0.6 is 0 Å². The second-order valence-electron chi connectivity index (χ2n) is 6.99. The second-order valence-corrected chi connectivity index (χ2v) is 6.99. The molecule has 0 amide bonds. The normalized spacial score (nSPS) is 10.8. The van der Waals surface area contributed by atoms with Crippen molar-refractivity contribution >= 4 is 11.9 Å². The average molecular weight is 403 g/mol. The molecule has 0 fully saturated rings. The predicted molar refractivity (Wildman–Crippen MR) is 110 cm³/mol. The van der Waals surface area contributed by atoms with Gasteiger partial charge in [0, 0.05) is 12.8 Å². The molecule has 0 atom stereocenters. The van der Waals surface area contributed by atoms with E-state index in [4.69, 9.17) is 18.9 Å². The Balaban J connectivity index is 3.22. The molecule has 0 aliphatic carbocycles. The Hall–Kier alpha value is -1.14. The zero-order valence-corrected chi connectivity index (χ0v) is 18.2. The second kappa shape index (κ2) is 22.2. The average Bonchev–Trinajstić information content (AvgIpc) is 2.69. The fraction of sp³-hybridized carbons (Fsp3) is 0.909. The SMILES string of the molecule is CCCCCCCCCC(=O)OCCOCCOCCOC(=O)CCCCC. The van der Waals surface area contributed by atoms with Gasteiger partial charge in [0.05, 0.1) is 26.4 Å². The summed E-state index contributed by atoms with van der Waals surface area (Å²) in [7, 11) is 0. The van der Waals surface area contributed by atoms with E-state index in [1.54, 1.807) is 0 Å². The van der Waals surface area contributed by atoms with Gasteiger partial charge in [-0.3, -0.25) is 9.59 Å². The van der Waals surface area contributed by atoms with Crippen LogP contribution in [-0.2, 0) is 28.5 Å². The quantitative estimate of drug-likeness (QED) is 0.202. The molecule has 166 valence electrons. The molecule has 0 saturated heterocycles. The Morgan fingerprint density at radius 1 is 0.500 bits per heavy atom. The first-order chi connectivity index (χ1) is 13.7. The first-order valence-electron chi connectivity index (χ1n) is 11.2. The van der Waals surface area contributed by atoms with Gasteiger partial charge in [0.15, 0.2) is 0 Å². The summed E-state index contributed by atoms with van der Waals surface area (Å²) in [5.41, 5.74) is 0. The summed E-state index contributed by atoms with van der Waals surface area (Å²) in [6, 6.07) is 0. The van der Waals surface area contributed by atoms with Crippen molar-refractivity contribution in [3.05, 3.63) is 0 Å². The van der Waals surface area contributed by atoms with Gasteiger partial charge in [0.25, 0.3) is 0 Å². The van der Waals surface area contributed by atoms with Gasteiger partial charge in [-0.1, -0.05) is 65.2 Å². The Bertz CT molecular complexity index is 359. The number of unbranched alkanes of at least 4 members (excludes halogenated alkanes) is 8. The fourth-order valence-electron chi connectivity index (χ4n) is 2.64. The number of esters is 2. The topological polar surface area (TPSA) is 71.1 Å². The summed E-state index contributed by atoms with van der Waals surface area (Å²) in [5.74, 6) is -0.305. The van der Waals surface area contributed by atoms with Gasteiger partial charge in [0.2, 0.25) is 0 Å². The minimum absolute atomic E-state index is 0.144. The predicted octanol–water partition coefficient (Wildman–Crippen LogP) is 4.83. The molecule has 0 spiro atoms. The van der Waals surface area contributed by atoms with E-state index < -0.39 is 0 Å². The lowest BCUT2D eigenvalue weighted by Crippen LogP contribution is -2.15. The summed E-state index contributed by atoms with van der Waals surface area (Å²) in [4.78, 5) is 23.0. The van der Waals surface area contributed by atoms with Gasteiger partial charge in [0.1, 0.15) is 13.2 Å². The van der Waals surface area contributed by atoms with Crippen molar-refractivity contribution in [3.63, 3.8) is 0 Å². The number of carbonyl (C=O) groups is 2. The Kier molecular flexibility index (Phi) is 21.3. The van der Waals surface area contributed by atoms with Gasteiger partial charge >= 0.3 is 11.9 Å². The van der Waals surface area contributed by atoms with E-state index in [0.29, 0.717) is 39.3 Å². The molecule has 0 bridgehead atoms. The first kappa shape index (κ1) is 26.9. The van der Waals surface area contributed by atoms with Crippen molar-refractivity contribution in [1.82, 2.24) is 0 Å². The molecule has 0 rings (SSSR count). The highest BCUT2D eigenvalue weighted by atomic mass is 16.6. The smallest absolute Gasteiger partial charge is 0.305 e. The van der Waals surface area contributed by atoms with E-state index in [9.17, 15) is 9.59 Å². The molecule has 0 aliphatic heterocycles. The molecular formula is C22H42O6. The van der Waals surface area contributed by atoms with Crippen LogP contribution in [0.25, 0.3) is 0 Å². The molecule has 0 aromatic rings. The standard InChI is InChI=1S/C22H42O6/c1-3-5-7-8-9-10-12-14-22(24)28-20-18-26-16-15-25-17-19-27-21(23)13-11-6-4-2/h3-20H2,1-2H3. The molecule has 6 heteroatoms. The van der Waals surface area contributed by atoms with Crippen molar-refractivity contribution in [2.24, 2.45) is 0 Å². The molecule has 0 aliphatic rings. The molecule has 0 unspecified atom stereocenters. The molecule has 0 heterocycles. The van der Waals surface area contributed by atoms with Crippen LogP contribution in [-0.4, -0.2) is 51.6 Å². The summed E-state index contributed by atoms with van der Waals surface area (Å²) in [6.45, 7) is 6.48. The zero-order chi connectivity index (χ0) is 20.7. The van der Waals surface area contributed by atoms with Gasteiger partial charge < -0.3 is 18.9 Å². The maximum Gasteiger partial charge on any atom is 0.305 e. The maximum absolute atomic E-state index is 11.6. The fourth-order valence-corrected chi connectivity index (χ4v) is 2.64. The highest BCUT2D eigenvalue weighted by Gasteiger charge is 2.03. The largest absolute Gasteiger partial charge is 0.463 e. The van der Waals surface area contributed by atoms with E-state index in [0.717, 1.165) is 32.1 Å². The Morgan fingerprint density at radius 2 is 0.857 bits per heavy atom. The van der Waals surface area contributed by atoms with Crippen LogP contribution in [0.3, 0.4) is 0 Å². The van der Waals surface area contributed by atoms with Gasteiger partial charge in [-0.25, -0.2) is 0 Å². The lowest BCUT2D eigenvalue weighted by Gasteiger charge is -2.08. The molecular weight excluding hydrogens is 360 g/mol. The van der Waals surface area contributed by atoms with Crippen LogP contribution < -0.4 is 0 Å². The lowest BCUT2D eigenvalue weighted by molar-refractivity contribution is -0.147. The third kappa shape index (κ3) is 21.2. The molecule has 6 nitrogen and oxygen atoms in total. The lowest BCUT2D eigenvalue weighted by atomic mass is 10.1. The number of rotatable bonds is 21. The van der Waals surface area contributed by atoms with Crippen LogP contribution in [0.2, 0.25) is 0 Å². The van der Waals surface area contributed by atoms with E-state index in [1.165, 1.54) is 32.1 Å². The highest BCUT2D eigenvalue weighted by Crippen LogP contribution is 2.08. The van der Waals surface area contributed by atoms with Gasteiger partial charge in [-0.15, -0.1) is 0 Å². The molecule has 0 radical (unpaired) electrons. The Labute approximate surface area is 171 Å². The van der Waals surface area contributed by atoms with Crippen LogP contribution in [0, 0.1) is 0 Å². The van der Waals surface area contributed by atoms with Crippen molar-refractivity contribution in [3.8, 4) is 0 Å². The number of hydrogen-bond donors (Lipinski definition) is 0. The van der Waals surface area contributed by atoms with Gasteiger partial charge in [-0.05, 0) is 12.8 Å². The van der Waals surface area contributed by atoms with E-state index in [1.807, 2.05) is 0 Å². The summed E-state index contributed by atoms with van der Waals surface area (Å²) in [5, 5.41) is 0. The van der Waals surface area contributed by atoms with Crippen LogP contribution in [0.5, 0.6) is 0 Å². The third-order valence-electron chi connectivity index (χ3n) is 4.32. The van der Waals surface area contributed by atoms with Crippen LogP contribution in [0.15, 0.2) is 0 Å². The maximum atomic E-state index is 11.6. The number of ether oxygens (including phenoxy) is 4. The minimum Gasteiger partial charge on any atom is -0.463 e. The van der Waals surface area contributed by atoms with Crippen LogP contribution in [0.4, 0.5) is 0 Å². The Morgan fingerprint density at radius 3 is 1.36 bits per heavy atom. The van der Waals surface area contributed by atoms with Crippen molar-refractivity contribution in [2.45, 2.75) is 90.9 Å². The molecule has 0 saturated carbocycles. The molecule has 0 N–H and O–H groups in total.